The Morgan fingerprint density at radius 1 is 1.07 bits per heavy atom. The first-order chi connectivity index (χ1) is 6.60. The van der Waals surface area contributed by atoms with Crippen LogP contribution in [-0.4, -0.2) is 5.11 Å². The van der Waals surface area contributed by atoms with E-state index in [9.17, 15) is 5.11 Å². The van der Waals surface area contributed by atoms with Crippen LogP contribution < -0.4 is 0 Å². The van der Waals surface area contributed by atoms with E-state index in [0.29, 0.717) is 11.7 Å². The molecule has 0 radical (unpaired) electrons. The second-order valence-corrected chi connectivity index (χ2v) is 4.05. The van der Waals surface area contributed by atoms with Crippen LogP contribution in [0.4, 0.5) is 0 Å². The maximum Gasteiger partial charge on any atom is 0.121 e. The standard InChI is InChI=1S/C13H20O/c1-5-10-7-12(9(3)4)8-11(6-2)13(10)14/h7-9,14H,5-6H2,1-4H3. The second kappa shape index (κ2) is 4.50. The van der Waals surface area contributed by atoms with Gasteiger partial charge in [0.15, 0.2) is 0 Å². The smallest absolute Gasteiger partial charge is 0.121 e. The predicted molar refractivity (Wildman–Crippen MR) is 61.0 cm³/mol. The average Bonchev–Trinajstić information content (AvgIpc) is 2.17. The summed E-state index contributed by atoms with van der Waals surface area (Å²) in [6.07, 6.45) is 1.80. The molecule has 0 heterocycles. The van der Waals surface area contributed by atoms with E-state index >= 15 is 0 Å². The number of phenolic OH excluding ortho intramolecular Hbond substituents is 1. The Balaban J connectivity index is 3.25. The number of phenols is 1. The quantitative estimate of drug-likeness (QED) is 0.775. The molecule has 0 amide bonds. The highest BCUT2D eigenvalue weighted by atomic mass is 16.3. The lowest BCUT2D eigenvalue weighted by Crippen LogP contribution is -1.95. The van der Waals surface area contributed by atoms with Crippen LogP contribution in [0.3, 0.4) is 0 Å². The molecule has 0 saturated heterocycles. The van der Waals surface area contributed by atoms with Crippen molar-refractivity contribution in [3.8, 4) is 5.75 Å². The summed E-state index contributed by atoms with van der Waals surface area (Å²) in [7, 11) is 0. The first-order valence-corrected chi connectivity index (χ1v) is 5.44. The summed E-state index contributed by atoms with van der Waals surface area (Å²) in [5.41, 5.74) is 3.48. The van der Waals surface area contributed by atoms with Crippen molar-refractivity contribution >= 4 is 0 Å². The summed E-state index contributed by atoms with van der Waals surface area (Å²) in [6, 6.07) is 4.25. The minimum Gasteiger partial charge on any atom is -0.507 e. The van der Waals surface area contributed by atoms with Gasteiger partial charge in [0.05, 0.1) is 0 Å². The highest BCUT2D eigenvalue weighted by molar-refractivity contribution is 5.44. The van der Waals surface area contributed by atoms with Gasteiger partial charge in [-0.2, -0.15) is 0 Å². The molecule has 0 spiro atoms. The molecule has 0 aliphatic rings. The summed E-state index contributed by atoms with van der Waals surface area (Å²) in [5, 5.41) is 9.90. The van der Waals surface area contributed by atoms with E-state index in [0.717, 1.165) is 24.0 Å². The topological polar surface area (TPSA) is 20.2 Å². The molecule has 0 saturated carbocycles. The number of benzene rings is 1. The fraction of sp³-hybridized carbons (Fsp3) is 0.538. The summed E-state index contributed by atoms with van der Waals surface area (Å²) >= 11 is 0. The monoisotopic (exact) mass is 192 g/mol. The van der Waals surface area contributed by atoms with E-state index < -0.39 is 0 Å². The largest absolute Gasteiger partial charge is 0.507 e. The molecular formula is C13H20O. The predicted octanol–water partition coefficient (Wildman–Crippen LogP) is 3.64. The van der Waals surface area contributed by atoms with Crippen LogP contribution in [-0.2, 0) is 12.8 Å². The summed E-state index contributed by atoms with van der Waals surface area (Å²) in [5.74, 6) is 1.03. The lowest BCUT2D eigenvalue weighted by atomic mass is 9.95. The average molecular weight is 192 g/mol. The van der Waals surface area contributed by atoms with Gasteiger partial charge in [0, 0.05) is 0 Å². The third kappa shape index (κ3) is 2.09. The maximum absolute atomic E-state index is 9.90. The Hall–Kier alpha value is -0.980. The van der Waals surface area contributed by atoms with Crippen molar-refractivity contribution in [2.75, 3.05) is 0 Å². The molecule has 0 aliphatic carbocycles. The van der Waals surface area contributed by atoms with E-state index in [1.807, 2.05) is 0 Å². The Labute approximate surface area is 86.8 Å². The molecule has 0 fully saturated rings. The molecule has 0 aromatic heterocycles. The highest BCUT2D eigenvalue weighted by Crippen LogP contribution is 2.28. The lowest BCUT2D eigenvalue weighted by molar-refractivity contribution is 0.462. The van der Waals surface area contributed by atoms with Crippen molar-refractivity contribution in [1.82, 2.24) is 0 Å². The van der Waals surface area contributed by atoms with E-state index in [4.69, 9.17) is 0 Å². The number of hydrogen-bond acceptors (Lipinski definition) is 1. The first-order valence-electron chi connectivity index (χ1n) is 5.44. The van der Waals surface area contributed by atoms with Crippen molar-refractivity contribution in [2.45, 2.75) is 46.5 Å². The van der Waals surface area contributed by atoms with Gasteiger partial charge in [-0.1, -0.05) is 39.8 Å². The summed E-state index contributed by atoms with van der Waals surface area (Å²) < 4.78 is 0. The van der Waals surface area contributed by atoms with E-state index in [-0.39, 0.29) is 0 Å². The van der Waals surface area contributed by atoms with Gasteiger partial charge in [0.25, 0.3) is 0 Å². The van der Waals surface area contributed by atoms with Crippen LogP contribution >= 0.6 is 0 Å². The third-order valence-electron chi connectivity index (χ3n) is 2.72. The van der Waals surface area contributed by atoms with Gasteiger partial charge in [0.2, 0.25) is 0 Å². The fourth-order valence-electron chi connectivity index (χ4n) is 1.66. The molecule has 78 valence electrons. The zero-order chi connectivity index (χ0) is 10.7. The van der Waals surface area contributed by atoms with E-state index in [1.165, 1.54) is 5.56 Å². The Morgan fingerprint density at radius 3 is 1.79 bits per heavy atom. The van der Waals surface area contributed by atoms with Crippen LogP contribution in [0.25, 0.3) is 0 Å². The molecule has 1 N–H and O–H groups in total. The molecule has 14 heavy (non-hydrogen) atoms. The zero-order valence-corrected chi connectivity index (χ0v) is 9.59. The van der Waals surface area contributed by atoms with E-state index in [1.54, 1.807) is 0 Å². The zero-order valence-electron chi connectivity index (χ0n) is 9.59. The molecule has 1 heteroatoms. The molecule has 0 aliphatic heterocycles. The van der Waals surface area contributed by atoms with Gasteiger partial charge in [-0.15, -0.1) is 0 Å². The minimum atomic E-state index is 0.499. The van der Waals surface area contributed by atoms with Gasteiger partial charge in [-0.25, -0.2) is 0 Å². The Bertz CT molecular complexity index is 288. The normalized spacial score (nSPS) is 10.9. The SMILES string of the molecule is CCc1cc(C(C)C)cc(CC)c1O. The summed E-state index contributed by atoms with van der Waals surface area (Å²) in [6.45, 7) is 8.54. The number of aromatic hydroxyl groups is 1. The lowest BCUT2D eigenvalue weighted by Gasteiger charge is -2.13. The number of rotatable bonds is 3. The van der Waals surface area contributed by atoms with Crippen LogP contribution in [0.15, 0.2) is 12.1 Å². The molecule has 0 bridgehead atoms. The van der Waals surface area contributed by atoms with Crippen molar-refractivity contribution < 1.29 is 5.11 Å². The molecule has 1 rings (SSSR count). The molecule has 1 nitrogen and oxygen atoms in total. The number of aryl methyl sites for hydroxylation is 2. The maximum atomic E-state index is 9.90. The molecule has 1 aromatic carbocycles. The fourth-order valence-corrected chi connectivity index (χ4v) is 1.66. The van der Waals surface area contributed by atoms with Crippen molar-refractivity contribution in [2.24, 2.45) is 0 Å². The molecule has 0 atom stereocenters. The minimum absolute atomic E-state index is 0.499. The van der Waals surface area contributed by atoms with Gasteiger partial charge < -0.3 is 5.11 Å². The van der Waals surface area contributed by atoms with Gasteiger partial charge in [-0.05, 0) is 35.4 Å². The van der Waals surface area contributed by atoms with E-state index in [2.05, 4.69) is 39.8 Å². The van der Waals surface area contributed by atoms with Crippen molar-refractivity contribution in [3.05, 3.63) is 28.8 Å². The molecular weight excluding hydrogens is 172 g/mol. The van der Waals surface area contributed by atoms with Crippen LogP contribution in [0.5, 0.6) is 5.75 Å². The van der Waals surface area contributed by atoms with Gasteiger partial charge in [0.1, 0.15) is 5.75 Å². The number of hydrogen-bond donors (Lipinski definition) is 1. The highest BCUT2D eigenvalue weighted by Gasteiger charge is 2.09. The van der Waals surface area contributed by atoms with Gasteiger partial charge in [-0.3, -0.25) is 0 Å². The Kier molecular flexibility index (Phi) is 3.56. The molecule has 0 unspecified atom stereocenters. The van der Waals surface area contributed by atoms with Gasteiger partial charge >= 0.3 is 0 Å². The Morgan fingerprint density at radius 2 is 1.50 bits per heavy atom. The molecule has 1 aromatic rings. The second-order valence-electron chi connectivity index (χ2n) is 4.05. The van der Waals surface area contributed by atoms with Crippen molar-refractivity contribution in [1.29, 1.82) is 0 Å². The first kappa shape index (κ1) is 11.1. The van der Waals surface area contributed by atoms with Crippen LogP contribution in [0.1, 0.15) is 50.3 Å². The van der Waals surface area contributed by atoms with Crippen LogP contribution in [0.2, 0.25) is 0 Å². The third-order valence-corrected chi connectivity index (χ3v) is 2.72. The summed E-state index contributed by atoms with van der Waals surface area (Å²) in [4.78, 5) is 0. The van der Waals surface area contributed by atoms with Crippen LogP contribution in [0, 0.1) is 0 Å². The van der Waals surface area contributed by atoms with Crippen molar-refractivity contribution in [3.63, 3.8) is 0 Å².